The smallest absolute Gasteiger partial charge is 0.357 e. The van der Waals surface area contributed by atoms with E-state index in [0.29, 0.717) is 22.7 Å². The summed E-state index contributed by atoms with van der Waals surface area (Å²) in [5, 5.41) is 13.4. The molecule has 1 aromatic heterocycles. The van der Waals surface area contributed by atoms with Crippen molar-refractivity contribution in [1.82, 2.24) is 9.78 Å². The Kier molecular flexibility index (Phi) is 4.95. The van der Waals surface area contributed by atoms with E-state index in [-0.39, 0.29) is 19.8 Å². The van der Waals surface area contributed by atoms with Gasteiger partial charge in [0.2, 0.25) is 0 Å². The number of carbonyl (C=O) groups excluding carboxylic acids is 1. The topological polar surface area (TPSA) is 73.6 Å². The molecule has 0 unspecified atom stereocenters. The average Bonchev–Trinajstić information content (AvgIpc) is 3.16. The van der Waals surface area contributed by atoms with Crippen molar-refractivity contribution in [3.63, 3.8) is 0 Å². The predicted molar refractivity (Wildman–Crippen MR) is 71.1 cm³/mol. The maximum absolute atomic E-state index is 12.0. The van der Waals surface area contributed by atoms with Crippen LogP contribution >= 0.6 is 15.9 Å². The lowest BCUT2D eigenvalue weighted by Gasteiger charge is -2.06. The van der Waals surface area contributed by atoms with E-state index in [2.05, 4.69) is 21.0 Å². The van der Waals surface area contributed by atoms with Gasteiger partial charge in [0, 0.05) is 13.0 Å². The minimum atomic E-state index is -0.447. The molecule has 0 saturated heterocycles. The molecule has 1 saturated carbocycles. The van der Waals surface area contributed by atoms with Crippen molar-refractivity contribution < 1.29 is 19.4 Å². The molecule has 7 heteroatoms. The molecule has 6 nitrogen and oxygen atoms in total. The number of esters is 1. The molecule has 1 N–H and O–H groups in total. The van der Waals surface area contributed by atoms with Gasteiger partial charge in [0.25, 0.3) is 0 Å². The number of aromatic nitrogens is 2. The number of rotatable bonds is 7. The van der Waals surface area contributed by atoms with Crippen molar-refractivity contribution in [1.29, 1.82) is 0 Å². The second kappa shape index (κ2) is 6.49. The first-order valence-electron chi connectivity index (χ1n) is 6.22. The van der Waals surface area contributed by atoms with Gasteiger partial charge < -0.3 is 14.6 Å². The van der Waals surface area contributed by atoms with Crippen LogP contribution in [-0.4, -0.2) is 47.8 Å². The third-order valence-corrected chi connectivity index (χ3v) is 3.69. The zero-order valence-electron chi connectivity index (χ0n) is 10.8. The van der Waals surface area contributed by atoms with Crippen LogP contribution in [0.2, 0.25) is 0 Å². The number of hydrogen-bond acceptors (Lipinski definition) is 5. The SMILES string of the molecule is COCCOC(=O)c1c(Br)c(C2CC2)nn1CCO. The second-order valence-corrected chi connectivity index (χ2v) is 5.19. The molecule has 106 valence electrons. The number of ether oxygens (including phenoxy) is 2. The Morgan fingerprint density at radius 1 is 1.53 bits per heavy atom. The highest BCUT2D eigenvalue weighted by atomic mass is 79.9. The Balaban J connectivity index is 2.18. The van der Waals surface area contributed by atoms with Crippen LogP contribution in [0.4, 0.5) is 0 Å². The van der Waals surface area contributed by atoms with Crippen molar-refractivity contribution in [2.24, 2.45) is 0 Å². The highest BCUT2D eigenvalue weighted by molar-refractivity contribution is 9.10. The van der Waals surface area contributed by atoms with Gasteiger partial charge in [-0.15, -0.1) is 0 Å². The third kappa shape index (κ3) is 3.34. The average molecular weight is 333 g/mol. The zero-order valence-corrected chi connectivity index (χ0v) is 12.4. The molecule has 1 aliphatic rings. The molecule has 0 bridgehead atoms. The van der Waals surface area contributed by atoms with E-state index in [1.165, 1.54) is 4.68 Å². The molecule has 0 aromatic carbocycles. The summed E-state index contributed by atoms with van der Waals surface area (Å²) in [7, 11) is 1.55. The van der Waals surface area contributed by atoms with Crippen LogP contribution in [0.5, 0.6) is 0 Å². The van der Waals surface area contributed by atoms with Crippen LogP contribution < -0.4 is 0 Å². The summed E-state index contributed by atoms with van der Waals surface area (Å²) < 4.78 is 12.1. The highest BCUT2D eigenvalue weighted by Crippen LogP contribution is 2.43. The summed E-state index contributed by atoms with van der Waals surface area (Å²) in [6, 6.07) is 0. The number of aliphatic hydroxyl groups is 1. The first-order valence-corrected chi connectivity index (χ1v) is 7.01. The Bertz CT molecular complexity index is 457. The van der Waals surface area contributed by atoms with Crippen LogP contribution in [-0.2, 0) is 16.0 Å². The van der Waals surface area contributed by atoms with E-state index in [4.69, 9.17) is 14.6 Å². The summed E-state index contributed by atoms with van der Waals surface area (Å²) in [5.41, 5.74) is 1.25. The van der Waals surface area contributed by atoms with Gasteiger partial charge >= 0.3 is 5.97 Å². The van der Waals surface area contributed by atoms with E-state index < -0.39 is 5.97 Å². The van der Waals surface area contributed by atoms with Gasteiger partial charge in [0.05, 0.1) is 29.9 Å². The van der Waals surface area contributed by atoms with Gasteiger partial charge in [-0.3, -0.25) is 4.68 Å². The van der Waals surface area contributed by atoms with Crippen molar-refractivity contribution in [3.8, 4) is 0 Å². The predicted octanol–water partition coefficient (Wildman–Crippen LogP) is 1.32. The van der Waals surface area contributed by atoms with Crippen molar-refractivity contribution in [2.75, 3.05) is 26.9 Å². The van der Waals surface area contributed by atoms with E-state index in [0.717, 1.165) is 18.5 Å². The molecule has 0 spiro atoms. The Labute approximate surface area is 119 Å². The molecule has 19 heavy (non-hydrogen) atoms. The molecule has 1 fully saturated rings. The lowest BCUT2D eigenvalue weighted by Crippen LogP contribution is -2.17. The molecule has 0 radical (unpaired) electrons. The lowest BCUT2D eigenvalue weighted by atomic mass is 10.2. The van der Waals surface area contributed by atoms with Crippen LogP contribution in [0.3, 0.4) is 0 Å². The monoisotopic (exact) mass is 332 g/mol. The van der Waals surface area contributed by atoms with E-state index >= 15 is 0 Å². The first-order chi connectivity index (χ1) is 9.19. The largest absolute Gasteiger partial charge is 0.458 e. The lowest BCUT2D eigenvalue weighted by molar-refractivity contribution is 0.0372. The standard InChI is InChI=1S/C12H17BrN2O4/c1-18-6-7-19-12(17)11-9(13)10(8-2-3-8)14-15(11)4-5-16/h8,16H,2-7H2,1H3. The summed E-state index contributed by atoms with van der Waals surface area (Å²) >= 11 is 3.43. The molecule has 0 aliphatic heterocycles. The van der Waals surface area contributed by atoms with Crippen LogP contribution in [0, 0.1) is 0 Å². The number of hydrogen-bond donors (Lipinski definition) is 1. The molecule has 1 aliphatic carbocycles. The van der Waals surface area contributed by atoms with E-state index in [1.807, 2.05) is 0 Å². The van der Waals surface area contributed by atoms with Crippen molar-refractivity contribution in [3.05, 3.63) is 15.9 Å². The van der Waals surface area contributed by atoms with E-state index in [9.17, 15) is 4.79 Å². The summed E-state index contributed by atoms with van der Waals surface area (Å²) in [6.45, 7) is 0.758. The molecule has 1 heterocycles. The second-order valence-electron chi connectivity index (χ2n) is 4.40. The van der Waals surface area contributed by atoms with Gasteiger partial charge in [0.15, 0.2) is 5.69 Å². The minimum Gasteiger partial charge on any atom is -0.458 e. The maximum atomic E-state index is 12.0. The first kappa shape index (κ1) is 14.5. The van der Waals surface area contributed by atoms with Gasteiger partial charge in [0.1, 0.15) is 6.61 Å². The van der Waals surface area contributed by atoms with Gasteiger partial charge in [-0.25, -0.2) is 4.79 Å². The maximum Gasteiger partial charge on any atom is 0.357 e. The fourth-order valence-electron chi connectivity index (χ4n) is 1.81. The fraction of sp³-hybridized carbons (Fsp3) is 0.667. The third-order valence-electron chi connectivity index (χ3n) is 2.91. The molecule has 1 aromatic rings. The quantitative estimate of drug-likeness (QED) is 0.602. The van der Waals surface area contributed by atoms with Crippen molar-refractivity contribution >= 4 is 21.9 Å². The normalized spacial score (nSPS) is 14.7. The molecule has 0 atom stereocenters. The van der Waals surface area contributed by atoms with Crippen LogP contribution in [0.25, 0.3) is 0 Å². The Morgan fingerprint density at radius 3 is 2.84 bits per heavy atom. The number of halogens is 1. The van der Waals surface area contributed by atoms with Gasteiger partial charge in [-0.2, -0.15) is 5.10 Å². The van der Waals surface area contributed by atoms with Gasteiger partial charge in [-0.1, -0.05) is 0 Å². The summed E-state index contributed by atoms with van der Waals surface area (Å²) in [6.07, 6.45) is 2.18. The molecular formula is C12H17BrN2O4. The number of methoxy groups -OCH3 is 1. The van der Waals surface area contributed by atoms with Crippen LogP contribution in [0.1, 0.15) is 34.9 Å². The number of carbonyl (C=O) groups is 1. The number of aliphatic hydroxyl groups excluding tert-OH is 1. The molecule has 0 amide bonds. The molecular weight excluding hydrogens is 316 g/mol. The van der Waals surface area contributed by atoms with E-state index in [1.54, 1.807) is 7.11 Å². The minimum absolute atomic E-state index is 0.0728. The summed E-state index contributed by atoms with van der Waals surface area (Å²) in [5.74, 6) is -0.0309. The summed E-state index contributed by atoms with van der Waals surface area (Å²) in [4.78, 5) is 12.0. The fourth-order valence-corrected chi connectivity index (χ4v) is 2.58. The van der Waals surface area contributed by atoms with Gasteiger partial charge in [-0.05, 0) is 28.8 Å². The van der Waals surface area contributed by atoms with Crippen molar-refractivity contribution in [2.45, 2.75) is 25.3 Å². The zero-order chi connectivity index (χ0) is 13.8. The van der Waals surface area contributed by atoms with Crippen LogP contribution in [0.15, 0.2) is 4.47 Å². The Hall–Kier alpha value is -0.920. The number of nitrogens with zero attached hydrogens (tertiary/aromatic N) is 2. The highest BCUT2D eigenvalue weighted by Gasteiger charge is 2.33. The Morgan fingerprint density at radius 2 is 2.26 bits per heavy atom. The molecule has 2 rings (SSSR count).